The number of anilines is 1. The summed E-state index contributed by atoms with van der Waals surface area (Å²) in [6, 6.07) is 1.47. The molecule has 106 valence electrons. The number of rotatable bonds is 4. The SMILES string of the molecule is Nc1ncc(Cl)cc1S(=O)(=O)NCC1CCCCN1. The number of nitrogens with one attached hydrogen (secondary N) is 2. The molecule has 0 aromatic carbocycles. The zero-order valence-corrected chi connectivity index (χ0v) is 12.0. The predicted molar refractivity (Wildman–Crippen MR) is 74.5 cm³/mol. The van der Waals surface area contributed by atoms with Gasteiger partial charge < -0.3 is 11.1 Å². The molecule has 0 amide bonds. The fraction of sp³-hybridized carbons (Fsp3) is 0.545. The van der Waals surface area contributed by atoms with Gasteiger partial charge in [-0.2, -0.15) is 0 Å². The molecule has 1 aromatic heterocycles. The fourth-order valence-electron chi connectivity index (χ4n) is 2.03. The lowest BCUT2D eigenvalue weighted by Crippen LogP contribution is -2.43. The maximum absolute atomic E-state index is 12.1. The summed E-state index contributed by atoms with van der Waals surface area (Å²) in [5.41, 5.74) is 5.58. The van der Waals surface area contributed by atoms with E-state index in [9.17, 15) is 8.42 Å². The first kappa shape index (κ1) is 14.5. The molecule has 4 N–H and O–H groups in total. The molecule has 1 unspecified atom stereocenters. The lowest BCUT2D eigenvalue weighted by atomic mass is 10.1. The van der Waals surface area contributed by atoms with Gasteiger partial charge in [-0.3, -0.25) is 0 Å². The van der Waals surface area contributed by atoms with Crippen molar-refractivity contribution in [1.82, 2.24) is 15.0 Å². The summed E-state index contributed by atoms with van der Waals surface area (Å²) in [5.74, 6) is -0.0477. The van der Waals surface area contributed by atoms with Gasteiger partial charge in [-0.25, -0.2) is 18.1 Å². The highest BCUT2D eigenvalue weighted by Gasteiger charge is 2.21. The minimum atomic E-state index is -3.67. The molecule has 8 heteroatoms. The summed E-state index contributed by atoms with van der Waals surface area (Å²) < 4.78 is 26.8. The third-order valence-corrected chi connectivity index (χ3v) is 4.73. The van der Waals surface area contributed by atoms with Crippen LogP contribution in [-0.2, 0) is 10.0 Å². The van der Waals surface area contributed by atoms with Crippen molar-refractivity contribution in [2.24, 2.45) is 0 Å². The van der Waals surface area contributed by atoms with Crippen molar-refractivity contribution in [2.75, 3.05) is 18.8 Å². The molecule has 0 spiro atoms. The number of nitrogens with zero attached hydrogens (tertiary/aromatic N) is 1. The zero-order valence-electron chi connectivity index (χ0n) is 10.4. The van der Waals surface area contributed by atoms with E-state index in [1.54, 1.807) is 0 Å². The van der Waals surface area contributed by atoms with E-state index < -0.39 is 10.0 Å². The van der Waals surface area contributed by atoms with Crippen LogP contribution in [0.25, 0.3) is 0 Å². The highest BCUT2D eigenvalue weighted by atomic mass is 35.5. The van der Waals surface area contributed by atoms with Crippen LogP contribution in [0.5, 0.6) is 0 Å². The van der Waals surface area contributed by atoms with Crippen molar-refractivity contribution in [3.63, 3.8) is 0 Å². The highest BCUT2D eigenvalue weighted by Crippen LogP contribution is 2.20. The van der Waals surface area contributed by atoms with Gasteiger partial charge in [0.05, 0.1) is 5.02 Å². The van der Waals surface area contributed by atoms with E-state index in [0.717, 1.165) is 25.8 Å². The van der Waals surface area contributed by atoms with Crippen molar-refractivity contribution in [3.8, 4) is 0 Å². The van der Waals surface area contributed by atoms with Crippen molar-refractivity contribution in [2.45, 2.75) is 30.2 Å². The highest BCUT2D eigenvalue weighted by molar-refractivity contribution is 7.89. The molecule has 0 saturated carbocycles. The molecule has 2 heterocycles. The third-order valence-electron chi connectivity index (χ3n) is 3.07. The minimum Gasteiger partial charge on any atom is -0.383 e. The van der Waals surface area contributed by atoms with E-state index in [2.05, 4.69) is 15.0 Å². The number of halogens is 1. The molecule has 1 fully saturated rings. The number of piperidine rings is 1. The van der Waals surface area contributed by atoms with Crippen LogP contribution in [0.3, 0.4) is 0 Å². The Labute approximate surface area is 117 Å². The predicted octanol–water partition coefficient (Wildman–Crippen LogP) is 0.738. The number of aromatic nitrogens is 1. The van der Waals surface area contributed by atoms with E-state index in [-0.39, 0.29) is 21.8 Å². The quantitative estimate of drug-likeness (QED) is 0.762. The second-order valence-electron chi connectivity index (χ2n) is 4.54. The van der Waals surface area contributed by atoms with Crippen LogP contribution in [0.1, 0.15) is 19.3 Å². The average molecular weight is 305 g/mol. The number of pyridine rings is 1. The largest absolute Gasteiger partial charge is 0.383 e. The van der Waals surface area contributed by atoms with Crippen molar-refractivity contribution in [1.29, 1.82) is 0 Å². The minimum absolute atomic E-state index is 0.0477. The summed E-state index contributed by atoms with van der Waals surface area (Å²) in [5, 5.41) is 3.51. The second kappa shape index (κ2) is 6.04. The summed E-state index contributed by atoms with van der Waals surface area (Å²) in [4.78, 5) is 3.68. The van der Waals surface area contributed by atoms with E-state index >= 15 is 0 Å². The molecule has 1 aliphatic rings. The van der Waals surface area contributed by atoms with Crippen molar-refractivity contribution >= 4 is 27.4 Å². The molecule has 6 nitrogen and oxygen atoms in total. The van der Waals surface area contributed by atoms with Crippen molar-refractivity contribution < 1.29 is 8.42 Å². The lowest BCUT2D eigenvalue weighted by molar-refractivity contribution is 0.398. The Morgan fingerprint density at radius 1 is 1.53 bits per heavy atom. The first-order valence-electron chi connectivity index (χ1n) is 6.13. The molecule has 1 saturated heterocycles. The molecule has 0 bridgehead atoms. The van der Waals surface area contributed by atoms with E-state index in [0.29, 0.717) is 6.54 Å². The van der Waals surface area contributed by atoms with Gasteiger partial charge in [0.1, 0.15) is 10.7 Å². The van der Waals surface area contributed by atoms with Gasteiger partial charge in [0.2, 0.25) is 10.0 Å². The van der Waals surface area contributed by atoms with Gasteiger partial charge >= 0.3 is 0 Å². The van der Waals surface area contributed by atoms with Crippen LogP contribution in [0.2, 0.25) is 5.02 Å². The molecule has 2 rings (SSSR count). The molecule has 19 heavy (non-hydrogen) atoms. The van der Waals surface area contributed by atoms with Gasteiger partial charge in [-0.15, -0.1) is 0 Å². The standard InChI is InChI=1S/C11H17ClN4O2S/c12-8-5-10(11(13)15-6-8)19(17,18)16-7-9-3-1-2-4-14-9/h5-6,9,14,16H,1-4,7H2,(H2,13,15). The first-order valence-corrected chi connectivity index (χ1v) is 7.99. The van der Waals surface area contributed by atoms with Gasteiger partial charge in [0, 0.05) is 18.8 Å². The molecular formula is C11H17ClN4O2S. The van der Waals surface area contributed by atoms with Gasteiger partial charge in [0.25, 0.3) is 0 Å². The Hall–Kier alpha value is -0.890. The van der Waals surface area contributed by atoms with Crippen LogP contribution in [0.15, 0.2) is 17.2 Å². The van der Waals surface area contributed by atoms with E-state index in [1.807, 2.05) is 0 Å². The molecule has 1 aromatic rings. The molecule has 1 aliphatic heterocycles. The Balaban J connectivity index is 2.07. The number of nitrogen functional groups attached to an aromatic ring is 1. The van der Waals surface area contributed by atoms with Gasteiger partial charge in [-0.1, -0.05) is 18.0 Å². The Morgan fingerprint density at radius 2 is 2.32 bits per heavy atom. The first-order chi connectivity index (χ1) is 8.99. The van der Waals surface area contributed by atoms with Crippen LogP contribution in [0.4, 0.5) is 5.82 Å². The molecule has 0 radical (unpaired) electrons. The molecular weight excluding hydrogens is 288 g/mol. The summed E-state index contributed by atoms with van der Waals surface area (Å²) in [7, 11) is -3.67. The lowest BCUT2D eigenvalue weighted by Gasteiger charge is -2.23. The van der Waals surface area contributed by atoms with Crippen LogP contribution in [-0.4, -0.2) is 32.5 Å². The summed E-state index contributed by atoms with van der Waals surface area (Å²) in [6.45, 7) is 1.27. The van der Waals surface area contributed by atoms with Crippen molar-refractivity contribution in [3.05, 3.63) is 17.3 Å². The van der Waals surface area contributed by atoms with Gasteiger partial charge in [0.15, 0.2) is 0 Å². The average Bonchev–Trinajstić information content (AvgIpc) is 2.40. The smallest absolute Gasteiger partial charge is 0.244 e. The zero-order chi connectivity index (χ0) is 13.9. The second-order valence-corrected chi connectivity index (χ2v) is 6.71. The molecule has 0 aliphatic carbocycles. The summed E-state index contributed by atoms with van der Waals surface area (Å²) >= 11 is 5.75. The topological polar surface area (TPSA) is 97.1 Å². The third kappa shape index (κ3) is 3.79. The number of nitrogens with two attached hydrogens (primary N) is 1. The summed E-state index contributed by atoms with van der Waals surface area (Å²) in [6.07, 6.45) is 4.53. The normalized spacial score (nSPS) is 20.4. The van der Waals surface area contributed by atoms with Crippen LogP contribution < -0.4 is 15.8 Å². The van der Waals surface area contributed by atoms with Crippen LogP contribution >= 0.6 is 11.6 Å². The van der Waals surface area contributed by atoms with E-state index in [4.69, 9.17) is 17.3 Å². The molecule has 1 atom stereocenters. The number of hydrogen-bond donors (Lipinski definition) is 3. The van der Waals surface area contributed by atoms with Gasteiger partial charge in [-0.05, 0) is 25.5 Å². The maximum Gasteiger partial charge on any atom is 0.244 e. The Kier molecular flexibility index (Phi) is 4.62. The fourth-order valence-corrected chi connectivity index (χ4v) is 3.44. The monoisotopic (exact) mass is 304 g/mol. The Morgan fingerprint density at radius 3 is 3.00 bits per heavy atom. The van der Waals surface area contributed by atoms with Crippen LogP contribution in [0, 0.1) is 0 Å². The number of sulfonamides is 1. The number of hydrogen-bond acceptors (Lipinski definition) is 5. The maximum atomic E-state index is 12.1. The Bertz CT molecular complexity index is 544. The van der Waals surface area contributed by atoms with E-state index in [1.165, 1.54) is 12.3 Å².